The average Bonchev–Trinajstić information content (AvgIpc) is 2.68. The first-order valence-electron chi connectivity index (χ1n) is 8.10. The van der Waals surface area contributed by atoms with Gasteiger partial charge < -0.3 is 19.7 Å². The fourth-order valence-electron chi connectivity index (χ4n) is 2.61. The zero-order chi connectivity index (χ0) is 17.6. The van der Waals surface area contributed by atoms with E-state index in [1.165, 1.54) is 0 Å². The van der Waals surface area contributed by atoms with Gasteiger partial charge in [-0.2, -0.15) is 0 Å². The highest BCUT2D eigenvalue weighted by Gasteiger charge is 2.18. The highest BCUT2D eigenvalue weighted by molar-refractivity contribution is 6.04. The van der Waals surface area contributed by atoms with E-state index in [4.69, 9.17) is 9.47 Å². The largest absolute Gasteiger partial charge is 0.497 e. The van der Waals surface area contributed by atoms with E-state index in [1.807, 2.05) is 0 Å². The van der Waals surface area contributed by atoms with Crippen molar-refractivity contribution in [2.24, 2.45) is 0 Å². The average molecular weight is 340 g/mol. The Bertz CT molecular complexity index is 752. The van der Waals surface area contributed by atoms with Crippen LogP contribution < -0.4 is 10.1 Å². The molecule has 1 heterocycles. The smallest absolute Gasteiger partial charge is 0.255 e. The Morgan fingerprint density at radius 1 is 1.04 bits per heavy atom. The second-order valence-corrected chi connectivity index (χ2v) is 5.67. The van der Waals surface area contributed by atoms with Crippen molar-refractivity contribution in [3.8, 4) is 5.75 Å². The number of morpholine rings is 1. The number of carbonyl (C=O) groups is 2. The van der Waals surface area contributed by atoms with Gasteiger partial charge in [-0.05, 0) is 42.5 Å². The van der Waals surface area contributed by atoms with E-state index in [0.29, 0.717) is 48.9 Å². The van der Waals surface area contributed by atoms with E-state index < -0.39 is 0 Å². The number of ether oxygens (including phenoxy) is 2. The van der Waals surface area contributed by atoms with Crippen molar-refractivity contribution in [1.29, 1.82) is 0 Å². The third kappa shape index (κ3) is 4.16. The van der Waals surface area contributed by atoms with Crippen molar-refractivity contribution >= 4 is 17.5 Å². The summed E-state index contributed by atoms with van der Waals surface area (Å²) in [6.45, 7) is 2.35. The van der Waals surface area contributed by atoms with Crippen LogP contribution in [-0.2, 0) is 4.74 Å². The van der Waals surface area contributed by atoms with Crippen LogP contribution in [0.25, 0.3) is 0 Å². The number of benzene rings is 2. The lowest BCUT2D eigenvalue weighted by Crippen LogP contribution is -2.40. The van der Waals surface area contributed by atoms with E-state index in [-0.39, 0.29) is 11.8 Å². The molecular weight excluding hydrogens is 320 g/mol. The van der Waals surface area contributed by atoms with Crippen LogP contribution in [0.15, 0.2) is 48.5 Å². The van der Waals surface area contributed by atoms with Crippen molar-refractivity contribution < 1.29 is 19.1 Å². The Morgan fingerprint density at radius 3 is 2.44 bits per heavy atom. The van der Waals surface area contributed by atoms with Gasteiger partial charge in [-0.3, -0.25) is 9.59 Å². The molecule has 1 aliphatic heterocycles. The second kappa shape index (κ2) is 7.81. The molecule has 0 radical (unpaired) electrons. The van der Waals surface area contributed by atoms with Crippen molar-refractivity contribution in [3.05, 3.63) is 59.7 Å². The van der Waals surface area contributed by atoms with Gasteiger partial charge in [0.25, 0.3) is 11.8 Å². The standard InChI is InChI=1S/C19H20N2O4/c1-24-17-4-2-3-15(13-17)18(22)20-16-7-5-14(6-8-16)19(23)21-9-11-25-12-10-21/h2-8,13H,9-12H2,1H3,(H,20,22). The second-order valence-electron chi connectivity index (χ2n) is 5.67. The van der Waals surface area contributed by atoms with Crippen molar-refractivity contribution in [2.45, 2.75) is 0 Å². The number of nitrogens with zero attached hydrogens (tertiary/aromatic N) is 1. The normalized spacial score (nSPS) is 14.0. The predicted octanol–water partition coefficient (Wildman–Crippen LogP) is 2.42. The molecule has 25 heavy (non-hydrogen) atoms. The maximum absolute atomic E-state index is 12.4. The maximum Gasteiger partial charge on any atom is 0.255 e. The minimum Gasteiger partial charge on any atom is -0.497 e. The molecule has 1 fully saturated rings. The zero-order valence-electron chi connectivity index (χ0n) is 14.0. The zero-order valence-corrected chi connectivity index (χ0v) is 14.0. The highest BCUT2D eigenvalue weighted by Crippen LogP contribution is 2.16. The van der Waals surface area contributed by atoms with Crippen molar-refractivity contribution in [2.75, 3.05) is 38.7 Å². The van der Waals surface area contributed by atoms with Gasteiger partial charge in [0.1, 0.15) is 5.75 Å². The minimum atomic E-state index is -0.230. The quantitative estimate of drug-likeness (QED) is 0.928. The minimum absolute atomic E-state index is 0.0195. The molecule has 1 aliphatic rings. The Kier molecular flexibility index (Phi) is 5.30. The Morgan fingerprint density at radius 2 is 1.76 bits per heavy atom. The van der Waals surface area contributed by atoms with Gasteiger partial charge in [0.15, 0.2) is 0 Å². The molecule has 1 N–H and O–H groups in total. The number of hydrogen-bond donors (Lipinski definition) is 1. The van der Waals surface area contributed by atoms with Crippen LogP contribution in [0.1, 0.15) is 20.7 Å². The highest BCUT2D eigenvalue weighted by atomic mass is 16.5. The lowest BCUT2D eigenvalue weighted by molar-refractivity contribution is 0.0303. The number of hydrogen-bond acceptors (Lipinski definition) is 4. The number of rotatable bonds is 4. The summed E-state index contributed by atoms with van der Waals surface area (Å²) in [4.78, 5) is 26.5. The summed E-state index contributed by atoms with van der Waals surface area (Å²) in [5.41, 5.74) is 1.74. The monoisotopic (exact) mass is 340 g/mol. The molecule has 0 atom stereocenters. The molecule has 0 saturated carbocycles. The summed E-state index contributed by atoms with van der Waals surface area (Å²) < 4.78 is 10.4. The summed E-state index contributed by atoms with van der Waals surface area (Å²) in [5, 5.41) is 2.82. The molecule has 0 aromatic heterocycles. The molecular formula is C19H20N2O4. The summed E-state index contributed by atoms with van der Waals surface area (Å²) >= 11 is 0. The number of amides is 2. The molecule has 6 nitrogen and oxygen atoms in total. The van der Waals surface area contributed by atoms with Crippen molar-refractivity contribution in [3.63, 3.8) is 0 Å². The number of methoxy groups -OCH3 is 1. The molecule has 0 aliphatic carbocycles. The van der Waals surface area contributed by atoms with Gasteiger partial charge in [0.2, 0.25) is 0 Å². The number of carbonyl (C=O) groups excluding carboxylic acids is 2. The van der Waals surface area contributed by atoms with Crippen LogP contribution in [0.5, 0.6) is 5.75 Å². The number of anilines is 1. The van der Waals surface area contributed by atoms with Gasteiger partial charge in [-0.15, -0.1) is 0 Å². The SMILES string of the molecule is COc1cccc(C(=O)Nc2ccc(C(=O)N3CCOCC3)cc2)c1. The van der Waals surface area contributed by atoms with E-state index in [9.17, 15) is 9.59 Å². The molecule has 1 saturated heterocycles. The van der Waals surface area contributed by atoms with Gasteiger partial charge in [-0.1, -0.05) is 6.07 Å². The molecule has 0 spiro atoms. The van der Waals surface area contributed by atoms with Crippen LogP contribution in [0.4, 0.5) is 5.69 Å². The van der Waals surface area contributed by atoms with Gasteiger partial charge in [0.05, 0.1) is 20.3 Å². The van der Waals surface area contributed by atoms with Gasteiger partial charge >= 0.3 is 0 Å². The van der Waals surface area contributed by atoms with Crippen molar-refractivity contribution in [1.82, 2.24) is 4.90 Å². The molecule has 3 rings (SSSR count). The number of nitrogens with one attached hydrogen (secondary N) is 1. The Balaban J connectivity index is 1.65. The molecule has 2 amide bonds. The molecule has 2 aromatic carbocycles. The molecule has 0 bridgehead atoms. The summed E-state index contributed by atoms with van der Waals surface area (Å²) in [6.07, 6.45) is 0. The first kappa shape index (κ1) is 17.0. The third-order valence-corrected chi connectivity index (χ3v) is 4.02. The topological polar surface area (TPSA) is 67.9 Å². The van der Waals surface area contributed by atoms with E-state index >= 15 is 0 Å². The fraction of sp³-hybridized carbons (Fsp3) is 0.263. The first-order chi connectivity index (χ1) is 12.2. The van der Waals surface area contributed by atoms with Crippen LogP contribution in [0, 0.1) is 0 Å². The van der Waals surface area contributed by atoms with Crippen LogP contribution in [-0.4, -0.2) is 50.1 Å². The molecule has 6 heteroatoms. The third-order valence-electron chi connectivity index (χ3n) is 4.02. The summed E-state index contributed by atoms with van der Waals surface area (Å²) in [7, 11) is 1.56. The van der Waals surface area contributed by atoms with E-state index in [2.05, 4.69) is 5.32 Å². The van der Waals surface area contributed by atoms with Gasteiger partial charge in [-0.25, -0.2) is 0 Å². The van der Waals surface area contributed by atoms with Crippen LogP contribution >= 0.6 is 0 Å². The lowest BCUT2D eigenvalue weighted by atomic mass is 10.1. The first-order valence-corrected chi connectivity index (χ1v) is 8.10. The van der Waals surface area contributed by atoms with E-state index in [1.54, 1.807) is 60.5 Å². The molecule has 2 aromatic rings. The maximum atomic E-state index is 12.4. The lowest BCUT2D eigenvalue weighted by Gasteiger charge is -2.26. The predicted molar refractivity (Wildman–Crippen MR) is 94.1 cm³/mol. The summed E-state index contributed by atoms with van der Waals surface area (Å²) in [6, 6.07) is 13.8. The molecule has 0 unspecified atom stereocenters. The summed E-state index contributed by atoms with van der Waals surface area (Å²) in [5.74, 6) is 0.374. The Labute approximate surface area is 146 Å². The molecule has 130 valence electrons. The Hall–Kier alpha value is -2.86. The van der Waals surface area contributed by atoms with Crippen LogP contribution in [0.2, 0.25) is 0 Å². The van der Waals surface area contributed by atoms with E-state index in [0.717, 1.165) is 0 Å². The van der Waals surface area contributed by atoms with Gasteiger partial charge in [0, 0.05) is 29.9 Å². The van der Waals surface area contributed by atoms with Crippen LogP contribution in [0.3, 0.4) is 0 Å². The fourth-order valence-corrected chi connectivity index (χ4v) is 2.61.